The molecule has 0 aromatic heterocycles. The molecule has 0 bridgehead atoms. The molecule has 0 unspecified atom stereocenters. The molecule has 0 spiro atoms. The van der Waals surface area contributed by atoms with E-state index in [1.54, 1.807) is 0 Å². The van der Waals surface area contributed by atoms with E-state index in [2.05, 4.69) is 19.9 Å². The molecule has 0 aromatic carbocycles. The Bertz CT molecular complexity index is 174. The zero-order valence-electron chi connectivity index (χ0n) is 9.39. The van der Waals surface area contributed by atoms with Crippen LogP contribution in [-0.2, 0) is 4.79 Å². The molecule has 0 saturated carbocycles. The fourth-order valence-electron chi connectivity index (χ4n) is 1.12. The van der Waals surface area contributed by atoms with Gasteiger partial charge in [0, 0.05) is 12.3 Å². The van der Waals surface area contributed by atoms with Crippen LogP contribution in [0.4, 0.5) is 0 Å². The first kappa shape index (κ1) is 12.4. The summed E-state index contributed by atoms with van der Waals surface area (Å²) in [5.41, 5.74) is 1.37. The average molecular weight is 182 g/mol. The molecule has 13 heavy (non-hydrogen) atoms. The number of ketones is 1. The van der Waals surface area contributed by atoms with Gasteiger partial charge < -0.3 is 0 Å². The summed E-state index contributed by atoms with van der Waals surface area (Å²) >= 11 is 0. The van der Waals surface area contributed by atoms with E-state index in [4.69, 9.17) is 0 Å². The number of carbonyl (C=O) groups is 1. The van der Waals surface area contributed by atoms with E-state index in [0.29, 0.717) is 5.78 Å². The number of Topliss-reactive ketones (excluding diaryl/α,β-unsaturated/α-hetero) is 1. The van der Waals surface area contributed by atoms with Crippen LogP contribution in [0.5, 0.6) is 0 Å². The van der Waals surface area contributed by atoms with Crippen molar-refractivity contribution in [2.45, 2.75) is 53.4 Å². The van der Waals surface area contributed by atoms with Gasteiger partial charge in [0.2, 0.25) is 0 Å². The van der Waals surface area contributed by atoms with Gasteiger partial charge in [-0.15, -0.1) is 0 Å². The lowest BCUT2D eigenvalue weighted by atomic mass is 10.0. The van der Waals surface area contributed by atoms with Crippen molar-refractivity contribution in [3.63, 3.8) is 0 Å². The SMILES string of the molecule is CC(C)=CCCCCC(=O)C(C)C. The van der Waals surface area contributed by atoms with Crippen LogP contribution in [0.2, 0.25) is 0 Å². The van der Waals surface area contributed by atoms with E-state index in [1.165, 1.54) is 5.57 Å². The molecule has 0 aliphatic carbocycles. The zero-order valence-corrected chi connectivity index (χ0v) is 9.39. The van der Waals surface area contributed by atoms with Gasteiger partial charge in [-0.1, -0.05) is 25.5 Å². The van der Waals surface area contributed by atoms with Crippen LogP contribution in [0.1, 0.15) is 53.4 Å². The van der Waals surface area contributed by atoms with Crippen LogP contribution in [-0.4, -0.2) is 5.78 Å². The summed E-state index contributed by atoms with van der Waals surface area (Å²) in [6, 6.07) is 0. The fraction of sp³-hybridized carbons (Fsp3) is 0.750. The molecule has 0 aliphatic rings. The van der Waals surface area contributed by atoms with Gasteiger partial charge in [0.1, 0.15) is 5.78 Å². The van der Waals surface area contributed by atoms with Crippen LogP contribution in [0, 0.1) is 5.92 Å². The van der Waals surface area contributed by atoms with E-state index >= 15 is 0 Å². The summed E-state index contributed by atoms with van der Waals surface area (Å²) in [7, 11) is 0. The van der Waals surface area contributed by atoms with Gasteiger partial charge in [0.25, 0.3) is 0 Å². The smallest absolute Gasteiger partial charge is 0.135 e. The summed E-state index contributed by atoms with van der Waals surface area (Å²) in [5.74, 6) is 0.612. The molecule has 0 radical (unpaired) electrons. The highest BCUT2D eigenvalue weighted by Gasteiger charge is 2.05. The molecular formula is C12H22O. The average Bonchev–Trinajstić information content (AvgIpc) is 2.02. The van der Waals surface area contributed by atoms with Gasteiger partial charge in [0.15, 0.2) is 0 Å². The highest BCUT2D eigenvalue weighted by Crippen LogP contribution is 2.07. The van der Waals surface area contributed by atoms with Crippen LogP contribution in [0.15, 0.2) is 11.6 Å². The summed E-state index contributed by atoms with van der Waals surface area (Å²) in [4.78, 5) is 11.2. The Labute approximate surface area is 82.2 Å². The molecule has 1 heteroatoms. The van der Waals surface area contributed by atoms with Gasteiger partial charge in [-0.25, -0.2) is 0 Å². The lowest BCUT2D eigenvalue weighted by Crippen LogP contribution is -2.05. The second-order valence-electron chi connectivity index (χ2n) is 4.15. The third-order valence-corrected chi connectivity index (χ3v) is 2.07. The van der Waals surface area contributed by atoms with Crippen molar-refractivity contribution in [2.75, 3.05) is 0 Å². The molecule has 1 nitrogen and oxygen atoms in total. The van der Waals surface area contributed by atoms with Crippen molar-refractivity contribution in [2.24, 2.45) is 5.92 Å². The molecule has 0 rings (SSSR count). The maximum atomic E-state index is 11.2. The van der Waals surface area contributed by atoms with Gasteiger partial charge in [-0.3, -0.25) is 4.79 Å². The van der Waals surface area contributed by atoms with E-state index < -0.39 is 0 Å². The number of hydrogen-bond donors (Lipinski definition) is 0. The summed E-state index contributed by atoms with van der Waals surface area (Å²) < 4.78 is 0. The maximum Gasteiger partial charge on any atom is 0.135 e. The second kappa shape index (κ2) is 6.88. The molecule has 0 fully saturated rings. The maximum absolute atomic E-state index is 11.2. The molecule has 0 N–H and O–H groups in total. The Morgan fingerprint density at radius 3 is 2.31 bits per heavy atom. The summed E-state index contributed by atoms with van der Waals surface area (Å²) in [6.45, 7) is 8.16. The van der Waals surface area contributed by atoms with Crippen molar-refractivity contribution < 1.29 is 4.79 Å². The minimum atomic E-state index is 0.212. The Balaban J connectivity index is 3.36. The lowest BCUT2D eigenvalue weighted by Gasteiger charge is -2.02. The van der Waals surface area contributed by atoms with Gasteiger partial charge in [0.05, 0.1) is 0 Å². The normalized spacial score (nSPS) is 10.2. The minimum absolute atomic E-state index is 0.212. The Morgan fingerprint density at radius 1 is 1.23 bits per heavy atom. The molecule has 0 heterocycles. The van der Waals surface area contributed by atoms with Gasteiger partial charge in [-0.2, -0.15) is 0 Å². The topological polar surface area (TPSA) is 17.1 Å². The van der Waals surface area contributed by atoms with Crippen LogP contribution < -0.4 is 0 Å². The van der Waals surface area contributed by atoms with Crippen molar-refractivity contribution in [3.8, 4) is 0 Å². The molecule has 0 atom stereocenters. The fourth-order valence-corrected chi connectivity index (χ4v) is 1.12. The lowest BCUT2D eigenvalue weighted by molar-refractivity contribution is -0.122. The Morgan fingerprint density at radius 2 is 1.85 bits per heavy atom. The largest absolute Gasteiger partial charge is 0.299 e. The Hall–Kier alpha value is -0.590. The second-order valence-corrected chi connectivity index (χ2v) is 4.15. The molecule has 0 aliphatic heterocycles. The van der Waals surface area contributed by atoms with Crippen molar-refractivity contribution >= 4 is 5.78 Å². The molecular weight excluding hydrogens is 160 g/mol. The molecule has 76 valence electrons. The van der Waals surface area contributed by atoms with E-state index in [0.717, 1.165) is 25.7 Å². The summed E-state index contributed by atoms with van der Waals surface area (Å²) in [6.07, 6.45) is 6.30. The van der Waals surface area contributed by atoms with E-state index in [9.17, 15) is 4.79 Å². The van der Waals surface area contributed by atoms with Gasteiger partial charge >= 0.3 is 0 Å². The highest BCUT2D eigenvalue weighted by atomic mass is 16.1. The third kappa shape index (κ3) is 7.76. The van der Waals surface area contributed by atoms with Crippen molar-refractivity contribution in [1.82, 2.24) is 0 Å². The first-order valence-corrected chi connectivity index (χ1v) is 5.20. The van der Waals surface area contributed by atoms with E-state index in [1.807, 2.05) is 13.8 Å². The number of unbranched alkanes of at least 4 members (excludes halogenated alkanes) is 2. The predicted molar refractivity (Wildman–Crippen MR) is 57.7 cm³/mol. The first-order chi connectivity index (χ1) is 6.04. The third-order valence-electron chi connectivity index (χ3n) is 2.07. The van der Waals surface area contributed by atoms with Crippen LogP contribution >= 0.6 is 0 Å². The van der Waals surface area contributed by atoms with Crippen LogP contribution in [0.3, 0.4) is 0 Å². The Kier molecular flexibility index (Phi) is 6.56. The number of hydrogen-bond acceptors (Lipinski definition) is 1. The first-order valence-electron chi connectivity index (χ1n) is 5.20. The molecule has 0 amide bonds. The quantitative estimate of drug-likeness (QED) is 0.452. The van der Waals surface area contributed by atoms with Crippen molar-refractivity contribution in [3.05, 3.63) is 11.6 Å². The standard InChI is InChI=1S/C12H22O/c1-10(2)8-6-5-7-9-12(13)11(3)4/h8,11H,5-7,9H2,1-4H3. The molecule has 0 aromatic rings. The number of allylic oxidation sites excluding steroid dienone is 2. The summed E-state index contributed by atoms with van der Waals surface area (Å²) in [5, 5.41) is 0. The monoisotopic (exact) mass is 182 g/mol. The number of rotatable bonds is 6. The minimum Gasteiger partial charge on any atom is -0.299 e. The van der Waals surface area contributed by atoms with Crippen LogP contribution in [0.25, 0.3) is 0 Å². The highest BCUT2D eigenvalue weighted by molar-refractivity contribution is 5.80. The number of carbonyl (C=O) groups excluding carboxylic acids is 1. The molecule has 0 saturated heterocycles. The predicted octanol–water partition coefficient (Wildman–Crippen LogP) is 3.74. The van der Waals surface area contributed by atoms with Gasteiger partial charge in [-0.05, 0) is 33.1 Å². The zero-order chi connectivity index (χ0) is 10.3. The van der Waals surface area contributed by atoms with E-state index in [-0.39, 0.29) is 5.92 Å². The van der Waals surface area contributed by atoms with Crippen molar-refractivity contribution in [1.29, 1.82) is 0 Å².